The zero-order valence-electron chi connectivity index (χ0n) is 13.8. The van der Waals surface area contributed by atoms with Gasteiger partial charge in [0.1, 0.15) is 11.5 Å². The van der Waals surface area contributed by atoms with Gasteiger partial charge < -0.3 is 14.1 Å². The molecule has 0 saturated carbocycles. The molecule has 4 nitrogen and oxygen atoms in total. The summed E-state index contributed by atoms with van der Waals surface area (Å²) in [5.74, 6) is 1.97. The van der Waals surface area contributed by atoms with E-state index in [9.17, 15) is 4.79 Å². The number of hydrogen-bond donors (Lipinski definition) is 0. The fourth-order valence-electron chi connectivity index (χ4n) is 2.36. The first-order valence-corrected chi connectivity index (χ1v) is 8.15. The van der Waals surface area contributed by atoms with Crippen LogP contribution in [0.25, 0.3) is 0 Å². The summed E-state index contributed by atoms with van der Waals surface area (Å²) < 4.78 is 11.2. The van der Waals surface area contributed by atoms with Crippen LogP contribution < -0.4 is 4.74 Å². The summed E-state index contributed by atoms with van der Waals surface area (Å²) in [5.41, 5.74) is 2.25. The van der Waals surface area contributed by atoms with E-state index in [2.05, 4.69) is 0 Å². The summed E-state index contributed by atoms with van der Waals surface area (Å²) in [6, 6.07) is 9.46. The van der Waals surface area contributed by atoms with Crippen LogP contribution in [0.15, 0.2) is 34.7 Å². The number of carbonyl (C=O) groups is 1. The molecule has 0 aliphatic carbocycles. The maximum absolute atomic E-state index is 12.2. The number of rotatable bonds is 7. The smallest absolute Gasteiger partial charge is 0.289 e. The molecule has 0 aliphatic heterocycles. The predicted octanol–water partition coefficient (Wildman–Crippen LogP) is 4.18. The minimum absolute atomic E-state index is 0.145. The maximum Gasteiger partial charge on any atom is 0.289 e. The van der Waals surface area contributed by atoms with Crippen LogP contribution in [0.4, 0.5) is 0 Å². The molecule has 0 radical (unpaired) electrons. The molecular formula is C18H22ClNO3. The highest BCUT2D eigenvalue weighted by Crippen LogP contribution is 2.22. The predicted molar refractivity (Wildman–Crippen MR) is 91.3 cm³/mol. The highest BCUT2D eigenvalue weighted by molar-refractivity contribution is 6.16. The van der Waals surface area contributed by atoms with Crippen LogP contribution in [0.5, 0.6) is 5.75 Å². The highest BCUT2D eigenvalue weighted by atomic mass is 35.5. The third-order valence-electron chi connectivity index (χ3n) is 3.64. The summed E-state index contributed by atoms with van der Waals surface area (Å²) in [5, 5.41) is 0. The molecule has 0 bridgehead atoms. The molecule has 1 heterocycles. The Labute approximate surface area is 142 Å². The third-order valence-corrected chi connectivity index (χ3v) is 3.91. The minimum Gasteiger partial charge on any atom is -0.493 e. The Morgan fingerprint density at radius 3 is 2.52 bits per heavy atom. The van der Waals surface area contributed by atoms with Gasteiger partial charge in [-0.25, -0.2) is 0 Å². The van der Waals surface area contributed by atoms with E-state index in [0.29, 0.717) is 24.7 Å². The summed E-state index contributed by atoms with van der Waals surface area (Å²) in [6.45, 7) is 5.22. The molecule has 0 saturated heterocycles. The second kappa shape index (κ2) is 8.06. The number of nitrogens with zero attached hydrogens (tertiary/aromatic N) is 1. The first-order chi connectivity index (χ1) is 11.0. The SMILES string of the molecule is Cc1cccc(C)c1OCCCN(C)C(=O)c1ccc(CCl)o1. The number of para-hydroxylation sites is 1. The van der Waals surface area contributed by atoms with Crippen LogP contribution in [-0.2, 0) is 5.88 Å². The maximum atomic E-state index is 12.2. The van der Waals surface area contributed by atoms with Gasteiger partial charge in [-0.15, -0.1) is 11.6 Å². The van der Waals surface area contributed by atoms with Gasteiger partial charge in [0, 0.05) is 13.6 Å². The quantitative estimate of drug-likeness (QED) is 0.563. The molecule has 0 aliphatic rings. The first kappa shape index (κ1) is 17.4. The fourth-order valence-corrected chi connectivity index (χ4v) is 2.50. The lowest BCUT2D eigenvalue weighted by atomic mass is 10.1. The van der Waals surface area contributed by atoms with Crippen molar-refractivity contribution in [1.82, 2.24) is 4.90 Å². The van der Waals surface area contributed by atoms with E-state index in [1.165, 1.54) is 0 Å². The van der Waals surface area contributed by atoms with Crippen molar-refractivity contribution < 1.29 is 13.9 Å². The first-order valence-electron chi connectivity index (χ1n) is 7.62. The Hall–Kier alpha value is -1.94. The number of amides is 1. The van der Waals surface area contributed by atoms with Gasteiger partial charge in [-0.2, -0.15) is 0 Å². The molecule has 0 fully saturated rings. The number of furan rings is 1. The van der Waals surface area contributed by atoms with Crippen molar-refractivity contribution in [1.29, 1.82) is 0 Å². The van der Waals surface area contributed by atoms with Crippen molar-refractivity contribution >= 4 is 17.5 Å². The molecule has 1 aromatic heterocycles. The number of ether oxygens (including phenoxy) is 1. The lowest BCUT2D eigenvalue weighted by molar-refractivity contribution is 0.0755. The highest BCUT2D eigenvalue weighted by Gasteiger charge is 2.15. The molecular weight excluding hydrogens is 314 g/mol. The monoisotopic (exact) mass is 335 g/mol. The van der Waals surface area contributed by atoms with E-state index in [1.54, 1.807) is 24.1 Å². The average molecular weight is 336 g/mol. The van der Waals surface area contributed by atoms with Crippen molar-refractivity contribution in [2.75, 3.05) is 20.2 Å². The third kappa shape index (κ3) is 4.52. The van der Waals surface area contributed by atoms with Gasteiger partial charge in [-0.3, -0.25) is 4.79 Å². The zero-order valence-corrected chi connectivity index (χ0v) is 14.5. The van der Waals surface area contributed by atoms with Gasteiger partial charge in [0.15, 0.2) is 5.76 Å². The van der Waals surface area contributed by atoms with Gasteiger partial charge in [-0.1, -0.05) is 18.2 Å². The number of halogens is 1. The summed E-state index contributed by atoms with van der Waals surface area (Å²) in [4.78, 5) is 13.8. The normalized spacial score (nSPS) is 10.6. The Kier molecular flexibility index (Phi) is 6.11. The number of carbonyl (C=O) groups excluding carboxylic acids is 1. The molecule has 5 heteroatoms. The molecule has 2 aromatic rings. The molecule has 0 spiro atoms. The van der Waals surface area contributed by atoms with Crippen molar-refractivity contribution in [2.24, 2.45) is 0 Å². The van der Waals surface area contributed by atoms with Gasteiger partial charge in [0.25, 0.3) is 5.91 Å². The molecule has 2 rings (SSSR count). The minimum atomic E-state index is -0.145. The van der Waals surface area contributed by atoms with Crippen LogP contribution in [0.1, 0.15) is 33.9 Å². The van der Waals surface area contributed by atoms with E-state index < -0.39 is 0 Å². The van der Waals surface area contributed by atoms with Crippen LogP contribution in [-0.4, -0.2) is 31.0 Å². The van der Waals surface area contributed by atoms with Crippen molar-refractivity contribution in [3.8, 4) is 5.75 Å². The topological polar surface area (TPSA) is 42.7 Å². The number of benzene rings is 1. The van der Waals surface area contributed by atoms with Crippen LogP contribution >= 0.6 is 11.6 Å². The molecule has 23 heavy (non-hydrogen) atoms. The Morgan fingerprint density at radius 1 is 1.22 bits per heavy atom. The second-order valence-electron chi connectivity index (χ2n) is 5.55. The van der Waals surface area contributed by atoms with E-state index in [1.807, 2.05) is 32.0 Å². The number of alkyl halides is 1. The van der Waals surface area contributed by atoms with Crippen LogP contribution in [0.2, 0.25) is 0 Å². The van der Waals surface area contributed by atoms with Gasteiger partial charge >= 0.3 is 0 Å². The zero-order chi connectivity index (χ0) is 16.8. The summed E-state index contributed by atoms with van der Waals surface area (Å²) >= 11 is 5.68. The van der Waals surface area contributed by atoms with E-state index >= 15 is 0 Å². The molecule has 1 amide bonds. The van der Waals surface area contributed by atoms with E-state index in [0.717, 1.165) is 23.3 Å². The summed E-state index contributed by atoms with van der Waals surface area (Å²) in [7, 11) is 1.75. The molecule has 0 unspecified atom stereocenters. The molecule has 124 valence electrons. The lowest BCUT2D eigenvalue weighted by Gasteiger charge is -2.17. The van der Waals surface area contributed by atoms with Gasteiger partial charge in [-0.05, 0) is 43.5 Å². The molecule has 1 aromatic carbocycles. The van der Waals surface area contributed by atoms with Crippen molar-refractivity contribution in [2.45, 2.75) is 26.1 Å². The fraction of sp³-hybridized carbons (Fsp3) is 0.389. The Morgan fingerprint density at radius 2 is 1.91 bits per heavy atom. The largest absolute Gasteiger partial charge is 0.493 e. The van der Waals surface area contributed by atoms with Crippen molar-refractivity contribution in [3.05, 3.63) is 53.0 Å². The van der Waals surface area contributed by atoms with E-state index in [-0.39, 0.29) is 11.8 Å². The van der Waals surface area contributed by atoms with Crippen molar-refractivity contribution in [3.63, 3.8) is 0 Å². The molecule has 0 atom stereocenters. The molecule has 0 N–H and O–H groups in total. The van der Waals surface area contributed by atoms with Crippen LogP contribution in [0.3, 0.4) is 0 Å². The second-order valence-corrected chi connectivity index (χ2v) is 5.82. The van der Waals surface area contributed by atoms with Crippen LogP contribution in [0, 0.1) is 13.8 Å². The van der Waals surface area contributed by atoms with Gasteiger partial charge in [0.05, 0.1) is 12.5 Å². The Balaban J connectivity index is 1.80. The Bertz CT molecular complexity index is 646. The number of aryl methyl sites for hydroxylation is 2. The lowest BCUT2D eigenvalue weighted by Crippen LogP contribution is -2.28. The average Bonchev–Trinajstić information content (AvgIpc) is 3.01. The van der Waals surface area contributed by atoms with E-state index in [4.69, 9.17) is 20.8 Å². The standard InChI is InChI=1S/C18H22ClNO3/c1-13-6-4-7-14(2)17(13)22-11-5-10-20(3)18(21)16-9-8-15(12-19)23-16/h4,6-9H,5,10-12H2,1-3H3. The van der Waals surface area contributed by atoms with Gasteiger partial charge in [0.2, 0.25) is 0 Å². The summed E-state index contributed by atoms with van der Waals surface area (Å²) in [6.07, 6.45) is 0.749. The number of hydrogen-bond acceptors (Lipinski definition) is 3.